The Morgan fingerprint density at radius 1 is 1.00 bits per heavy atom. The second kappa shape index (κ2) is 8.58. The van der Waals surface area contributed by atoms with E-state index in [0.717, 1.165) is 36.8 Å². The minimum absolute atomic E-state index is 0.0728. The van der Waals surface area contributed by atoms with E-state index in [0.29, 0.717) is 19.5 Å². The van der Waals surface area contributed by atoms with Gasteiger partial charge in [-0.2, -0.15) is 0 Å². The number of para-hydroxylation sites is 1. The summed E-state index contributed by atoms with van der Waals surface area (Å²) in [5.41, 5.74) is 1.60. The summed E-state index contributed by atoms with van der Waals surface area (Å²) in [6.07, 6.45) is 0.612. The Labute approximate surface area is 152 Å². The molecule has 2 aromatic rings. The molecule has 140 valence electrons. The van der Waals surface area contributed by atoms with Crippen molar-refractivity contribution in [2.24, 2.45) is 0 Å². The van der Waals surface area contributed by atoms with Crippen molar-refractivity contribution in [2.45, 2.75) is 25.6 Å². The van der Waals surface area contributed by atoms with E-state index < -0.39 is 11.6 Å². The molecule has 0 bridgehead atoms. The van der Waals surface area contributed by atoms with E-state index in [4.69, 9.17) is 0 Å². The van der Waals surface area contributed by atoms with E-state index in [9.17, 15) is 19.0 Å². The number of halogens is 2. The zero-order valence-electron chi connectivity index (χ0n) is 14.6. The first-order valence-electron chi connectivity index (χ1n) is 8.85. The van der Waals surface area contributed by atoms with Gasteiger partial charge in [0.05, 0.1) is 0 Å². The number of rotatable bonds is 6. The summed E-state index contributed by atoms with van der Waals surface area (Å²) in [6.45, 7) is 3.55. The summed E-state index contributed by atoms with van der Waals surface area (Å²) < 4.78 is 26.6. The second-order valence-electron chi connectivity index (χ2n) is 6.75. The molecule has 1 heterocycles. The third-order valence-electron chi connectivity index (χ3n) is 4.91. The second-order valence-corrected chi connectivity index (χ2v) is 6.75. The predicted molar refractivity (Wildman–Crippen MR) is 95.6 cm³/mol. The molecule has 1 atom stereocenters. The van der Waals surface area contributed by atoms with Crippen molar-refractivity contribution in [1.29, 1.82) is 0 Å². The number of nitrogens with zero attached hydrogens (tertiary/aromatic N) is 2. The van der Waals surface area contributed by atoms with Gasteiger partial charge in [-0.15, -0.1) is 0 Å². The Hall–Kier alpha value is -2.02. The van der Waals surface area contributed by atoms with Crippen LogP contribution in [-0.2, 0) is 13.1 Å². The average Bonchev–Trinajstić information content (AvgIpc) is 2.62. The van der Waals surface area contributed by atoms with Gasteiger partial charge in [0, 0.05) is 50.9 Å². The van der Waals surface area contributed by atoms with Crippen LogP contribution < -0.4 is 0 Å². The molecule has 2 N–H and O–H groups in total. The number of aromatic hydroxyl groups is 1. The lowest BCUT2D eigenvalue weighted by Gasteiger charge is -2.41. The number of aliphatic hydroxyl groups excluding tert-OH is 1. The maximum atomic E-state index is 13.5. The molecule has 2 aromatic carbocycles. The van der Waals surface area contributed by atoms with Crippen LogP contribution in [0.5, 0.6) is 5.75 Å². The van der Waals surface area contributed by atoms with E-state index in [-0.39, 0.29) is 18.4 Å². The molecule has 0 unspecified atom stereocenters. The molecule has 0 aromatic heterocycles. The van der Waals surface area contributed by atoms with E-state index in [2.05, 4.69) is 9.80 Å². The first-order chi connectivity index (χ1) is 12.6. The summed E-state index contributed by atoms with van der Waals surface area (Å²) in [4.78, 5) is 4.45. The van der Waals surface area contributed by atoms with Gasteiger partial charge in [-0.1, -0.05) is 24.3 Å². The fraction of sp³-hybridized carbons (Fsp3) is 0.400. The van der Waals surface area contributed by atoms with Crippen molar-refractivity contribution >= 4 is 0 Å². The van der Waals surface area contributed by atoms with E-state index in [1.54, 1.807) is 18.2 Å². The number of hydrogen-bond acceptors (Lipinski definition) is 4. The van der Waals surface area contributed by atoms with Crippen molar-refractivity contribution in [3.63, 3.8) is 0 Å². The maximum absolute atomic E-state index is 13.5. The Balaban J connectivity index is 1.65. The van der Waals surface area contributed by atoms with Crippen molar-refractivity contribution in [2.75, 3.05) is 26.2 Å². The van der Waals surface area contributed by atoms with Crippen LogP contribution in [0.3, 0.4) is 0 Å². The van der Waals surface area contributed by atoms with Crippen LogP contribution in [0.15, 0.2) is 42.5 Å². The van der Waals surface area contributed by atoms with Crippen LogP contribution >= 0.6 is 0 Å². The largest absolute Gasteiger partial charge is 0.508 e. The molecule has 0 amide bonds. The highest BCUT2D eigenvalue weighted by atomic mass is 19.2. The first-order valence-corrected chi connectivity index (χ1v) is 8.85. The van der Waals surface area contributed by atoms with Crippen molar-refractivity contribution < 1.29 is 19.0 Å². The Kier molecular flexibility index (Phi) is 6.19. The zero-order chi connectivity index (χ0) is 18.5. The van der Waals surface area contributed by atoms with Crippen LogP contribution in [0.4, 0.5) is 8.78 Å². The molecule has 0 radical (unpaired) electrons. The Morgan fingerprint density at radius 2 is 1.81 bits per heavy atom. The van der Waals surface area contributed by atoms with Crippen molar-refractivity contribution in [3.05, 3.63) is 65.2 Å². The normalized spacial score (nSPS) is 19.0. The smallest absolute Gasteiger partial charge is 0.159 e. The summed E-state index contributed by atoms with van der Waals surface area (Å²) in [7, 11) is 0. The lowest BCUT2D eigenvalue weighted by molar-refractivity contribution is 0.0495. The molecule has 0 saturated carbocycles. The molecule has 1 aliphatic heterocycles. The highest BCUT2D eigenvalue weighted by molar-refractivity contribution is 5.31. The van der Waals surface area contributed by atoms with Crippen LogP contribution in [-0.4, -0.2) is 52.3 Å². The molecular weight excluding hydrogens is 338 g/mol. The number of piperazine rings is 1. The SMILES string of the molecule is OCC[C@H]1CN(Cc2ccccc2O)CCN1Cc1ccc(F)c(F)c1. The standard InChI is InChI=1S/C20H24F2N2O2/c21-18-6-5-15(11-19(18)22)12-24-9-8-23(14-17(24)7-10-25)13-16-3-1-2-4-20(16)26/h1-6,11,17,25-26H,7-10,12-14H2/t17-/m0/s1. The molecule has 26 heavy (non-hydrogen) atoms. The van der Waals surface area contributed by atoms with Crippen LogP contribution in [0.1, 0.15) is 17.5 Å². The molecule has 0 aliphatic carbocycles. The van der Waals surface area contributed by atoms with Crippen molar-refractivity contribution in [3.8, 4) is 5.75 Å². The van der Waals surface area contributed by atoms with Crippen molar-refractivity contribution in [1.82, 2.24) is 9.80 Å². The van der Waals surface area contributed by atoms with Gasteiger partial charge in [-0.05, 0) is 30.2 Å². The van der Waals surface area contributed by atoms with Gasteiger partial charge in [-0.25, -0.2) is 8.78 Å². The van der Waals surface area contributed by atoms with Gasteiger partial charge in [-0.3, -0.25) is 9.80 Å². The van der Waals surface area contributed by atoms with Gasteiger partial charge in [0.25, 0.3) is 0 Å². The molecule has 1 aliphatic rings. The summed E-state index contributed by atoms with van der Waals surface area (Å²) in [5, 5.41) is 19.4. The number of phenolic OH excluding ortho intramolecular Hbond substituents is 1. The third-order valence-corrected chi connectivity index (χ3v) is 4.91. The van der Waals surface area contributed by atoms with E-state index in [1.807, 2.05) is 12.1 Å². The fourth-order valence-electron chi connectivity index (χ4n) is 3.49. The maximum Gasteiger partial charge on any atom is 0.159 e. The molecule has 1 saturated heterocycles. The van der Waals surface area contributed by atoms with E-state index >= 15 is 0 Å². The molecule has 4 nitrogen and oxygen atoms in total. The molecule has 6 heteroatoms. The Morgan fingerprint density at radius 3 is 2.54 bits per heavy atom. The number of aliphatic hydroxyl groups is 1. The predicted octanol–water partition coefficient (Wildman–Crippen LogP) is 2.74. The quantitative estimate of drug-likeness (QED) is 0.830. The Bertz CT molecular complexity index is 742. The lowest BCUT2D eigenvalue weighted by Crippen LogP contribution is -2.52. The topological polar surface area (TPSA) is 46.9 Å². The lowest BCUT2D eigenvalue weighted by atomic mass is 10.1. The zero-order valence-corrected chi connectivity index (χ0v) is 14.6. The number of phenols is 1. The first kappa shape index (κ1) is 18.8. The minimum Gasteiger partial charge on any atom is -0.508 e. The number of hydrogen-bond donors (Lipinski definition) is 2. The summed E-state index contributed by atoms with van der Waals surface area (Å²) in [5.74, 6) is -1.39. The van der Waals surface area contributed by atoms with Gasteiger partial charge in [0.2, 0.25) is 0 Å². The van der Waals surface area contributed by atoms with Crippen LogP contribution in [0, 0.1) is 11.6 Å². The number of benzene rings is 2. The summed E-state index contributed by atoms with van der Waals surface area (Å²) in [6, 6.07) is 11.4. The highest BCUT2D eigenvalue weighted by Gasteiger charge is 2.27. The third kappa shape index (κ3) is 4.58. The average molecular weight is 362 g/mol. The molecule has 0 spiro atoms. The molecular formula is C20H24F2N2O2. The summed E-state index contributed by atoms with van der Waals surface area (Å²) >= 11 is 0. The monoisotopic (exact) mass is 362 g/mol. The fourth-order valence-corrected chi connectivity index (χ4v) is 3.49. The van der Waals surface area contributed by atoms with Crippen LogP contribution in [0.2, 0.25) is 0 Å². The van der Waals surface area contributed by atoms with Crippen LogP contribution in [0.25, 0.3) is 0 Å². The van der Waals surface area contributed by atoms with E-state index in [1.165, 1.54) is 6.07 Å². The molecule has 3 rings (SSSR count). The van der Waals surface area contributed by atoms with Gasteiger partial charge in [0.1, 0.15) is 5.75 Å². The van der Waals surface area contributed by atoms with Gasteiger partial charge < -0.3 is 10.2 Å². The van der Waals surface area contributed by atoms with Gasteiger partial charge >= 0.3 is 0 Å². The van der Waals surface area contributed by atoms with Gasteiger partial charge in [0.15, 0.2) is 11.6 Å². The molecule has 1 fully saturated rings. The minimum atomic E-state index is -0.840. The highest BCUT2D eigenvalue weighted by Crippen LogP contribution is 2.22.